The van der Waals surface area contributed by atoms with Gasteiger partial charge in [-0.1, -0.05) is 72.4 Å². The van der Waals surface area contributed by atoms with Crippen LogP contribution in [-0.4, -0.2) is 46.0 Å². The van der Waals surface area contributed by atoms with Gasteiger partial charge in [-0.3, -0.25) is 14.2 Å². The number of para-hydroxylation sites is 2. The lowest BCUT2D eigenvalue weighted by molar-refractivity contribution is -0.139. The van der Waals surface area contributed by atoms with Crippen molar-refractivity contribution < 1.29 is 19.1 Å². The van der Waals surface area contributed by atoms with Crippen LogP contribution in [0, 0.1) is 0 Å². The van der Waals surface area contributed by atoms with Gasteiger partial charge in [-0.2, -0.15) is 0 Å². The topological polar surface area (TPSA) is 83.3 Å². The summed E-state index contributed by atoms with van der Waals surface area (Å²) >= 11 is 1.20. The highest BCUT2D eigenvalue weighted by atomic mass is 32.2. The molecule has 4 aromatic rings. The van der Waals surface area contributed by atoms with Gasteiger partial charge in [0.05, 0.1) is 18.4 Å². The number of nitrogens with zero attached hydrogens (tertiary/aromatic N) is 3. The molecule has 4 rings (SSSR count). The van der Waals surface area contributed by atoms with Gasteiger partial charge in [-0.15, -0.1) is 10.2 Å². The molecule has 1 aromatic heterocycles. The lowest BCUT2D eigenvalue weighted by Crippen LogP contribution is -2.16. The van der Waals surface area contributed by atoms with E-state index in [1.807, 2.05) is 65.2 Å². The van der Waals surface area contributed by atoms with Crippen LogP contribution in [0.2, 0.25) is 0 Å². The number of ketones is 1. The molecule has 3 aromatic carbocycles. The predicted molar refractivity (Wildman–Crippen MR) is 126 cm³/mol. The lowest BCUT2D eigenvalue weighted by Gasteiger charge is -2.10. The van der Waals surface area contributed by atoms with Gasteiger partial charge in [0.25, 0.3) is 0 Å². The number of carbonyl (C=O) groups is 2. The number of rotatable bonds is 9. The van der Waals surface area contributed by atoms with E-state index in [4.69, 9.17) is 9.47 Å². The minimum atomic E-state index is -0.521. The number of Topliss-reactive ketones (excluding diaryl/α,β-unsaturated/α-hetero) is 1. The van der Waals surface area contributed by atoms with E-state index < -0.39 is 5.97 Å². The molecular formula is C25H21N3O4S. The highest BCUT2D eigenvalue weighted by molar-refractivity contribution is 7.99. The Morgan fingerprint density at radius 2 is 1.55 bits per heavy atom. The second-order valence-electron chi connectivity index (χ2n) is 6.92. The molecule has 0 aliphatic rings. The molecule has 0 atom stereocenters. The minimum Gasteiger partial charge on any atom is -0.496 e. The van der Waals surface area contributed by atoms with Crippen LogP contribution >= 0.6 is 11.8 Å². The minimum absolute atomic E-state index is 0.0149. The normalized spacial score (nSPS) is 10.6. The number of ether oxygens (including phenoxy) is 2. The van der Waals surface area contributed by atoms with Gasteiger partial charge >= 0.3 is 5.97 Å². The van der Waals surface area contributed by atoms with Crippen molar-refractivity contribution >= 4 is 23.5 Å². The first-order valence-electron chi connectivity index (χ1n) is 10.2. The number of hydrogen-bond donors (Lipinski definition) is 0. The summed E-state index contributed by atoms with van der Waals surface area (Å²) in [6.45, 7) is -0.361. The van der Waals surface area contributed by atoms with Crippen LogP contribution in [0.1, 0.15) is 10.4 Å². The highest BCUT2D eigenvalue weighted by Crippen LogP contribution is 2.28. The first-order chi connectivity index (χ1) is 16.2. The van der Waals surface area contributed by atoms with Crippen molar-refractivity contribution in [2.75, 3.05) is 19.5 Å². The zero-order valence-corrected chi connectivity index (χ0v) is 18.7. The van der Waals surface area contributed by atoms with Gasteiger partial charge in [-0.25, -0.2) is 0 Å². The molecule has 0 N–H and O–H groups in total. The summed E-state index contributed by atoms with van der Waals surface area (Å²) in [7, 11) is 1.49. The Morgan fingerprint density at radius 3 is 2.27 bits per heavy atom. The fourth-order valence-corrected chi connectivity index (χ4v) is 3.96. The van der Waals surface area contributed by atoms with Crippen LogP contribution in [0.5, 0.6) is 5.75 Å². The molecule has 0 aliphatic heterocycles. The van der Waals surface area contributed by atoms with E-state index in [0.29, 0.717) is 22.3 Å². The largest absolute Gasteiger partial charge is 0.496 e. The second-order valence-corrected chi connectivity index (χ2v) is 7.86. The number of aromatic nitrogens is 3. The third-order valence-electron chi connectivity index (χ3n) is 4.77. The van der Waals surface area contributed by atoms with E-state index in [0.717, 1.165) is 11.3 Å². The third kappa shape index (κ3) is 5.30. The molecule has 7 nitrogen and oxygen atoms in total. The van der Waals surface area contributed by atoms with Gasteiger partial charge in [0.1, 0.15) is 5.75 Å². The molecule has 166 valence electrons. The highest BCUT2D eigenvalue weighted by Gasteiger charge is 2.18. The summed E-state index contributed by atoms with van der Waals surface area (Å²) in [4.78, 5) is 24.8. The number of carbonyl (C=O) groups excluding carboxylic acids is 2. The molecular weight excluding hydrogens is 438 g/mol. The third-order valence-corrected chi connectivity index (χ3v) is 5.67. The molecule has 0 amide bonds. The molecule has 0 fully saturated rings. The number of hydrogen-bond acceptors (Lipinski definition) is 7. The Hall–Kier alpha value is -3.91. The molecule has 0 unspecified atom stereocenters. The van der Waals surface area contributed by atoms with Crippen molar-refractivity contribution in [3.63, 3.8) is 0 Å². The molecule has 0 radical (unpaired) electrons. The first-order valence-corrected chi connectivity index (χ1v) is 11.2. The Balaban J connectivity index is 1.45. The fourth-order valence-electron chi connectivity index (χ4n) is 3.21. The van der Waals surface area contributed by atoms with E-state index in [2.05, 4.69) is 10.2 Å². The van der Waals surface area contributed by atoms with Gasteiger partial charge in [0, 0.05) is 11.3 Å². The predicted octanol–water partition coefficient (Wildman–Crippen LogP) is 4.46. The van der Waals surface area contributed by atoms with Crippen LogP contribution < -0.4 is 4.74 Å². The summed E-state index contributed by atoms with van der Waals surface area (Å²) in [6.07, 6.45) is 0. The lowest BCUT2D eigenvalue weighted by atomic mass is 10.1. The van der Waals surface area contributed by atoms with Crippen LogP contribution in [0.25, 0.3) is 17.1 Å². The summed E-state index contributed by atoms with van der Waals surface area (Å²) < 4.78 is 12.3. The molecule has 0 spiro atoms. The molecule has 33 heavy (non-hydrogen) atoms. The van der Waals surface area contributed by atoms with Crippen molar-refractivity contribution in [1.29, 1.82) is 0 Å². The molecule has 0 saturated carbocycles. The first kappa shape index (κ1) is 22.3. The SMILES string of the molecule is COc1ccccc1C(=O)COC(=O)CSc1nnc(-c2ccccc2)n1-c1ccccc1. The van der Waals surface area contributed by atoms with E-state index in [1.165, 1.54) is 18.9 Å². The monoisotopic (exact) mass is 459 g/mol. The molecule has 8 heteroatoms. The van der Waals surface area contributed by atoms with E-state index in [1.54, 1.807) is 24.3 Å². The van der Waals surface area contributed by atoms with Crippen molar-refractivity contribution in [3.8, 4) is 22.8 Å². The van der Waals surface area contributed by atoms with Crippen molar-refractivity contribution in [2.45, 2.75) is 5.16 Å². The number of methoxy groups -OCH3 is 1. The van der Waals surface area contributed by atoms with Crippen LogP contribution in [-0.2, 0) is 9.53 Å². The molecule has 0 aliphatic carbocycles. The smallest absolute Gasteiger partial charge is 0.316 e. The fraction of sp³-hybridized carbons (Fsp3) is 0.120. The maximum atomic E-state index is 12.4. The Morgan fingerprint density at radius 1 is 0.879 bits per heavy atom. The number of thioether (sulfide) groups is 1. The zero-order valence-electron chi connectivity index (χ0n) is 17.9. The quantitative estimate of drug-likeness (QED) is 0.208. The van der Waals surface area contributed by atoms with Gasteiger partial charge in [0.2, 0.25) is 5.78 Å². The summed E-state index contributed by atoms with van der Waals surface area (Å²) in [6, 6.07) is 26.2. The summed E-state index contributed by atoms with van der Waals surface area (Å²) in [5.74, 6) is 0.247. The molecule has 1 heterocycles. The number of esters is 1. The van der Waals surface area contributed by atoms with Gasteiger partial charge in [0.15, 0.2) is 17.6 Å². The zero-order chi connectivity index (χ0) is 23.0. The average molecular weight is 460 g/mol. The summed E-state index contributed by atoms with van der Waals surface area (Å²) in [5, 5.41) is 9.19. The Bertz CT molecular complexity index is 1240. The van der Waals surface area contributed by atoms with Crippen LogP contribution in [0.15, 0.2) is 90.1 Å². The molecule has 0 saturated heterocycles. The van der Waals surface area contributed by atoms with Crippen LogP contribution in [0.3, 0.4) is 0 Å². The van der Waals surface area contributed by atoms with Crippen LogP contribution in [0.4, 0.5) is 0 Å². The standard InChI is InChI=1S/C25H21N3O4S/c1-31-22-15-9-8-14-20(22)21(29)16-32-23(30)17-33-25-27-26-24(18-10-4-2-5-11-18)28(25)19-12-6-3-7-13-19/h2-15H,16-17H2,1H3. The van der Waals surface area contributed by atoms with Crippen molar-refractivity contribution in [3.05, 3.63) is 90.5 Å². The van der Waals surface area contributed by atoms with E-state index in [9.17, 15) is 9.59 Å². The Labute approximate surface area is 195 Å². The maximum absolute atomic E-state index is 12.4. The van der Waals surface area contributed by atoms with E-state index >= 15 is 0 Å². The van der Waals surface area contributed by atoms with Gasteiger partial charge < -0.3 is 9.47 Å². The average Bonchev–Trinajstić information content (AvgIpc) is 3.31. The Kier molecular flexibility index (Phi) is 7.16. The van der Waals surface area contributed by atoms with Crippen molar-refractivity contribution in [1.82, 2.24) is 14.8 Å². The maximum Gasteiger partial charge on any atom is 0.316 e. The summed E-state index contributed by atoms with van der Waals surface area (Å²) in [5.41, 5.74) is 2.16. The number of benzene rings is 3. The second kappa shape index (κ2) is 10.6. The molecule has 0 bridgehead atoms. The van der Waals surface area contributed by atoms with E-state index in [-0.39, 0.29) is 18.1 Å². The van der Waals surface area contributed by atoms with Gasteiger partial charge in [-0.05, 0) is 24.3 Å². The van der Waals surface area contributed by atoms with Crippen molar-refractivity contribution in [2.24, 2.45) is 0 Å².